The molecular weight excluding hydrogens is 180 g/mol. The van der Waals surface area contributed by atoms with Crippen LogP contribution in [0, 0.1) is 0 Å². The van der Waals surface area contributed by atoms with Gasteiger partial charge >= 0.3 is 5.97 Å². The molecule has 1 aromatic rings. The summed E-state index contributed by atoms with van der Waals surface area (Å²) in [5, 5.41) is 0. The average Bonchev–Trinajstić information content (AvgIpc) is 2.26. The normalized spacial score (nSPS) is 9.14. The molecule has 0 spiro atoms. The smallest absolute Gasteiger partial charge is 0.338 e. The third-order valence-corrected chi connectivity index (χ3v) is 1.61. The Kier molecular flexibility index (Phi) is 3.61. The van der Waals surface area contributed by atoms with Crippen molar-refractivity contribution >= 4 is 12.3 Å². The Hall–Kier alpha value is -1.90. The average molecular weight is 190 g/mol. The number of rotatable bonds is 4. The molecule has 0 aliphatic rings. The summed E-state index contributed by atoms with van der Waals surface area (Å²) in [5.41, 5.74) is 0.961. The van der Waals surface area contributed by atoms with Crippen LogP contribution < -0.4 is 0 Å². The Morgan fingerprint density at radius 1 is 1.36 bits per heavy atom. The molecule has 0 unspecified atom stereocenters. The van der Waals surface area contributed by atoms with E-state index in [-0.39, 0.29) is 6.61 Å². The fourth-order valence-corrected chi connectivity index (χ4v) is 0.916. The first-order chi connectivity index (χ1) is 6.77. The molecule has 0 saturated carbocycles. The molecule has 0 bridgehead atoms. The van der Waals surface area contributed by atoms with Crippen LogP contribution in [-0.2, 0) is 4.74 Å². The Labute approximate surface area is 82.0 Å². The predicted molar refractivity (Wildman–Crippen MR) is 52.3 cm³/mol. The Morgan fingerprint density at radius 3 is 2.50 bits per heavy atom. The van der Waals surface area contributed by atoms with Gasteiger partial charge < -0.3 is 4.74 Å². The zero-order valence-corrected chi connectivity index (χ0v) is 7.60. The van der Waals surface area contributed by atoms with E-state index in [4.69, 9.17) is 4.74 Å². The molecule has 0 atom stereocenters. The summed E-state index contributed by atoms with van der Waals surface area (Å²) in [5.74, 6) is -0.414. The van der Waals surface area contributed by atoms with Gasteiger partial charge in [-0.3, -0.25) is 4.79 Å². The summed E-state index contributed by atoms with van der Waals surface area (Å²) in [6, 6.07) is 6.24. The van der Waals surface area contributed by atoms with Gasteiger partial charge in [0.2, 0.25) is 0 Å². The van der Waals surface area contributed by atoms with Crippen LogP contribution in [0.4, 0.5) is 0 Å². The van der Waals surface area contributed by atoms with E-state index in [1.807, 2.05) is 0 Å². The quantitative estimate of drug-likeness (QED) is 0.413. The van der Waals surface area contributed by atoms with Gasteiger partial charge in [0.25, 0.3) is 0 Å². The Bertz CT molecular complexity index is 338. The topological polar surface area (TPSA) is 43.4 Å². The molecule has 0 N–H and O–H groups in total. The maximum atomic E-state index is 11.2. The maximum Gasteiger partial charge on any atom is 0.338 e. The molecule has 0 heterocycles. The molecule has 0 aliphatic carbocycles. The van der Waals surface area contributed by atoms with Crippen molar-refractivity contribution in [2.45, 2.75) is 0 Å². The van der Waals surface area contributed by atoms with Crippen molar-refractivity contribution in [2.75, 3.05) is 6.61 Å². The Balaban J connectivity index is 2.71. The van der Waals surface area contributed by atoms with Crippen LogP contribution in [0.3, 0.4) is 0 Å². The first-order valence-electron chi connectivity index (χ1n) is 4.11. The molecule has 3 nitrogen and oxygen atoms in total. The molecule has 72 valence electrons. The van der Waals surface area contributed by atoms with Crippen LogP contribution in [0.1, 0.15) is 20.7 Å². The molecule has 0 aliphatic heterocycles. The molecule has 0 radical (unpaired) electrons. The highest BCUT2D eigenvalue weighted by molar-refractivity contribution is 5.90. The SMILES string of the molecule is C=CCOC(=O)c1ccc(C=O)cc1. The molecule has 14 heavy (non-hydrogen) atoms. The highest BCUT2D eigenvalue weighted by Gasteiger charge is 2.04. The number of ether oxygens (including phenoxy) is 1. The molecular formula is C11H10O3. The molecule has 3 heteroatoms. The van der Waals surface area contributed by atoms with E-state index in [0.717, 1.165) is 6.29 Å². The summed E-state index contributed by atoms with van der Waals surface area (Å²) >= 11 is 0. The number of hydrogen-bond acceptors (Lipinski definition) is 3. The van der Waals surface area contributed by atoms with E-state index in [0.29, 0.717) is 11.1 Å². The molecule has 1 aromatic carbocycles. The molecule has 1 rings (SSSR count). The third kappa shape index (κ3) is 2.55. The van der Waals surface area contributed by atoms with E-state index < -0.39 is 5.97 Å². The summed E-state index contributed by atoms with van der Waals surface area (Å²) < 4.78 is 4.81. The van der Waals surface area contributed by atoms with Gasteiger partial charge in [0.05, 0.1) is 5.56 Å². The van der Waals surface area contributed by atoms with Crippen LogP contribution in [0.2, 0.25) is 0 Å². The van der Waals surface area contributed by atoms with Gasteiger partial charge in [-0.15, -0.1) is 0 Å². The van der Waals surface area contributed by atoms with E-state index in [1.54, 1.807) is 24.3 Å². The summed E-state index contributed by atoms with van der Waals surface area (Å²) in [6.45, 7) is 3.62. The predicted octanol–water partition coefficient (Wildman–Crippen LogP) is 1.84. The van der Waals surface area contributed by atoms with Gasteiger partial charge in [-0.2, -0.15) is 0 Å². The minimum absolute atomic E-state index is 0.189. The van der Waals surface area contributed by atoms with E-state index in [1.165, 1.54) is 6.08 Å². The fourth-order valence-electron chi connectivity index (χ4n) is 0.916. The lowest BCUT2D eigenvalue weighted by Gasteiger charge is -2.01. The zero-order chi connectivity index (χ0) is 10.4. The maximum absolute atomic E-state index is 11.2. The van der Waals surface area contributed by atoms with Gasteiger partial charge in [0, 0.05) is 5.56 Å². The minimum atomic E-state index is -0.414. The number of esters is 1. The van der Waals surface area contributed by atoms with Gasteiger partial charge in [-0.25, -0.2) is 4.79 Å². The lowest BCUT2D eigenvalue weighted by molar-refractivity contribution is 0.0549. The van der Waals surface area contributed by atoms with Crippen molar-refractivity contribution < 1.29 is 14.3 Å². The third-order valence-electron chi connectivity index (χ3n) is 1.61. The van der Waals surface area contributed by atoms with Crippen molar-refractivity contribution in [3.8, 4) is 0 Å². The lowest BCUT2D eigenvalue weighted by Crippen LogP contribution is -2.04. The van der Waals surface area contributed by atoms with Crippen LogP contribution in [-0.4, -0.2) is 18.9 Å². The lowest BCUT2D eigenvalue weighted by atomic mass is 10.1. The van der Waals surface area contributed by atoms with Crippen molar-refractivity contribution in [1.29, 1.82) is 0 Å². The highest BCUT2D eigenvalue weighted by Crippen LogP contribution is 2.04. The number of aldehydes is 1. The largest absolute Gasteiger partial charge is 0.458 e. The minimum Gasteiger partial charge on any atom is -0.458 e. The molecule has 0 fully saturated rings. The van der Waals surface area contributed by atoms with Gasteiger partial charge in [0.1, 0.15) is 12.9 Å². The van der Waals surface area contributed by atoms with Crippen LogP contribution in [0.15, 0.2) is 36.9 Å². The van der Waals surface area contributed by atoms with Crippen LogP contribution in [0.25, 0.3) is 0 Å². The van der Waals surface area contributed by atoms with E-state index in [2.05, 4.69) is 6.58 Å². The second kappa shape index (κ2) is 4.97. The van der Waals surface area contributed by atoms with E-state index in [9.17, 15) is 9.59 Å². The Morgan fingerprint density at radius 2 is 2.00 bits per heavy atom. The number of carbonyl (C=O) groups is 2. The van der Waals surface area contributed by atoms with Crippen molar-refractivity contribution in [3.63, 3.8) is 0 Å². The molecule has 0 amide bonds. The monoisotopic (exact) mass is 190 g/mol. The fraction of sp³-hybridized carbons (Fsp3) is 0.0909. The van der Waals surface area contributed by atoms with Gasteiger partial charge in [-0.05, 0) is 12.1 Å². The number of benzene rings is 1. The van der Waals surface area contributed by atoms with E-state index >= 15 is 0 Å². The van der Waals surface area contributed by atoms with Crippen molar-refractivity contribution in [3.05, 3.63) is 48.0 Å². The number of carbonyl (C=O) groups excluding carboxylic acids is 2. The zero-order valence-electron chi connectivity index (χ0n) is 7.60. The standard InChI is InChI=1S/C11H10O3/c1-2-7-14-11(13)10-5-3-9(8-12)4-6-10/h2-6,8H,1,7H2. The highest BCUT2D eigenvalue weighted by atomic mass is 16.5. The van der Waals surface area contributed by atoms with Crippen LogP contribution in [0.5, 0.6) is 0 Å². The molecule has 0 aromatic heterocycles. The van der Waals surface area contributed by atoms with Crippen molar-refractivity contribution in [2.24, 2.45) is 0 Å². The summed E-state index contributed by atoms with van der Waals surface area (Å²) in [7, 11) is 0. The van der Waals surface area contributed by atoms with Gasteiger partial charge in [0.15, 0.2) is 0 Å². The summed E-state index contributed by atoms with van der Waals surface area (Å²) in [6.07, 6.45) is 2.22. The summed E-state index contributed by atoms with van der Waals surface area (Å²) in [4.78, 5) is 21.6. The van der Waals surface area contributed by atoms with Crippen molar-refractivity contribution in [1.82, 2.24) is 0 Å². The van der Waals surface area contributed by atoms with Gasteiger partial charge in [-0.1, -0.05) is 24.8 Å². The van der Waals surface area contributed by atoms with Crippen LogP contribution >= 0.6 is 0 Å². The second-order valence-electron chi connectivity index (χ2n) is 2.63. The first kappa shape index (κ1) is 10.2. The molecule has 0 saturated heterocycles. The second-order valence-corrected chi connectivity index (χ2v) is 2.63. The first-order valence-corrected chi connectivity index (χ1v) is 4.11. The number of hydrogen-bond donors (Lipinski definition) is 0.